The highest BCUT2D eigenvalue weighted by Crippen LogP contribution is 2.19. The summed E-state index contributed by atoms with van der Waals surface area (Å²) in [6, 6.07) is 0.636. The highest BCUT2D eigenvalue weighted by atomic mass is 15.5. The molecule has 0 atom stereocenters. The van der Waals surface area contributed by atoms with Crippen LogP contribution in [0.15, 0.2) is 12.4 Å². The molecule has 1 fully saturated rings. The molecule has 3 heterocycles. The van der Waals surface area contributed by atoms with Crippen LogP contribution in [-0.2, 0) is 0 Å². The second kappa shape index (κ2) is 5.48. The number of nitrogens with zero attached hydrogens (tertiary/aromatic N) is 6. The third-order valence-electron chi connectivity index (χ3n) is 3.59. The lowest BCUT2D eigenvalue weighted by Gasteiger charge is -2.33. The van der Waals surface area contributed by atoms with E-state index in [0.29, 0.717) is 11.7 Å². The molecule has 2 aromatic heterocycles. The maximum absolute atomic E-state index is 4.21. The van der Waals surface area contributed by atoms with Crippen LogP contribution in [-0.4, -0.2) is 50.7 Å². The zero-order chi connectivity index (χ0) is 13.1. The van der Waals surface area contributed by atoms with Crippen molar-refractivity contribution in [2.45, 2.75) is 32.2 Å². The van der Waals surface area contributed by atoms with Gasteiger partial charge in [0.25, 0.3) is 0 Å². The van der Waals surface area contributed by atoms with Crippen LogP contribution in [0.2, 0.25) is 0 Å². The number of fused-ring (bicyclic) bond motifs is 1. The summed E-state index contributed by atoms with van der Waals surface area (Å²) in [6.07, 6.45) is 7.01. The first-order valence-electron chi connectivity index (χ1n) is 6.89. The predicted molar refractivity (Wildman–Crippen MR) is 72.1 cm³/mol. The number of hydrogen-bond acceptors (Lipinski definition) is 6. The number of aromatic nitrogens is 5. The summed E-state index contributed by atoms with van der Waals surface area (Å²) in [5.41, 5.74) is 0.698. The van der Waals surface area contributed by atoms with Crippen LogP contribution in [0.1, 0.15) is 26.2 Å². The zero-order valence-electron chi connectivity index (χ0n) is 11.2. The molecule has 0 amide bonds. The molecular formula is C12H19N7. The third kappa shape index (κ3) is 2.51. The number of tetrazole rings is 1. The Morgan fingerprint density at radius 3 is 2.95 bits per heavy atom. The molecule has 19 heavy (non-hydrogen) atoms. The standard InChI is InChI=1S/C12H19N7/c1-2-5-14-10-3-6-18(7-4-10)12-9-13-8-11-15-16-17-19(11)12/h8-10,14H,2-7H2,1H3. The molecule has 1 N–H and O–H groups in total. The van der Waals surface area contributed by atoms with Gasteiger partial charge in [0.2, 0.25) is 0 Å². The predicted octanol–water partition coefficient (Wildman–Crippen LogP) is 0.488. The molecule has 0 spiro atoms. The molecule has 7 nitrogen and oxygen atoms in total. The topological polar surface area (TPSA) is 71.2 Å². The van der Waals surface area contributed by atoms with Crippen molar-refractivity contribution in [3.63, 3.8) is 0 Å². The molecule has 1 aliphatic heterocycles. The minimum absolute atomic E-state index is 0.636. The number of rotatable bonds is 4. The molecule has 2 aromatic rings. The summed E-state index contributed by atoms with van der Waals surface area (Å²) in [5, 5.41) is 15.2. The highest BCUT2D eigenvalue weighted by Gasteiger charge is 2.21. The highest BCUT2D eigenvalue weighted by molar-refractivity contribution is 5.46. The molecule has 7 heteroatoms. The molecule has 0 aromatic carbocycles. The normalized spacial score (nSPS) is 17.2. The van der Waals surface area contributed by atoms with Crippen molar-refractivity contribution in [1.29, 1.82) is 0 Å². The van der Waals surface area contributed by atoms with Gasteiger partial charge in [-0.2, -0.15) is 4.52 Å². The van der Waals surface area contributed by atoms with E-state index < -0.39 is 0 Å². The Morgan fingerprint density at radius 1 is 1.32 bits per heavy atom. The molecule has 0 bridgehead atoms. The lowest BCUT2D eigenvalue weighted by atomic mass is 10.1. The van der Waals surface area contributed by atoms with E-state index in [0.717, 1.165) is 38.3 Å². The van der Waals surface area contributed by atoms with Gasteiger partial charge in [-0.15, -0.1) is 5.10 Å². The first-order chi connectivity index (χ1) is 9.38. The molecule has 1 aliphatic rings. The molecule has 0 saturated carbocycles. The van der Waals surface area contributed by atoms with Gasteiger partial charge in [-0.25, -0.2) is 0 Å². The number of nitrogens with one attached hydrogen (secondary N) is 1. The van der Waals surface area contributed by atoms with E-state index in [1.54, 1.807) is 10.7 Å². The van der Waals surface area contributed by atoms with E-state index in [9.17, 15) is 0 Å². The van der Waals surface area contributed by atoms with Crippen molar-refractivity contribution in [3.8, 4) is 0 Å². The van der Waals surface area contributed by atoms with Crippen molar-refractivity contribution >= 4 is 11.5 Å². The van der Waals surface area contributed by atoms with Crippen molar-refractivity contribution in [1.82, 2.24) is 30.3 Å². The second-order valence-corrected chi connectivity index (χ2v) is 4.93. The van der Waals surface area contributed by atoms with E-state index in [4.69, 9.17) is 0 Å². The molecule has 0 unspecified atom stereocenters. The summed E-state index contributed by atoms with van der Waals surface area (Å²) < 4.78 is 1.76. The minimum Gasteiger partial charge on any atom is -0.355 e. The summed E-state index contributed by atoms with van der Waals surface area (Å²) in [6.45, 7) is 5.34. The maximum Gasteiger partial charge on any atom is 0.199 e. The Bertz CT molecular complexity index is 530. The van der Waals surface area contributed by atoms with Crippen LogP contribution in [0.25, 0.3) is 5.65 Å². The SMILES string of the molecule is CCCNC1CCN(c2cncc3nnnn23)CC1. The van der Waals surface area contributed by atoms with E-state index in [1.807, 2.05) is 6.20 Å². The minimum atomic E-state index is 0.636. The van der Waals surface area contributed by atoms with Gasteiger partial charge in [-0.1, -0.05) is 6.92 Å². The van der Waals surface area contributed by atoms with Crippen molar-refractivity contribution < 1.29 is 0 Å². The fraction of sp³-hybridized carbons (Fsp3) is 0.667. The van der Waals surface area contributed by atoms with Crippen LogP contribution in [0.5, 0.6) is 0 Å². The van der Waals surface area contributed by atoms with Gasteiger partial charge in [0.15, 0.2) is 11.5 Å². The molecular weight excluding hydrogens is 242 g/mol. The van der Waals surface area contributed by atoms with Crippen LogP contribution in [0.3, 0.4) is 0 Å². The quantitative estimate of drug-likeness (QED) is 0.863. The third-order valence-corrected chi connectivity index (χ3v) is 3.59. The van der Waals surface area contributed by atoms with Gasteiger partial charge in [-0.05, 0) is 36.2 Å². The van der Waals surface area contributed by atoms with Gasteiger partial charge in [-0.3, -0.25) is 4.98 Å². The maximum atomic E-state index is 4.21. The van der Waals surface area contributed by atoms with Crippen LogP contribution < -0.4 is 10.2 Å². The van der Waals surface area contributed by atoms with Crippen molar-refractivity contribution in [2.24, 2.45) is 0 Å². The monoisotopic (exact) mass is 261 g/mol. The van der Waals surface area contributed by atoms with Crippen molar-refractivity contribution in [3.05, 3.63) is 12.4 Å². The fourth-order valence-corrected chi connectivity index (χ4v) is 2.54. The van der Waals surface area contributed by atoms with Gasteiger partial charge < -0.3 is 10.2 Å². The van der Waals surface area contributed by atoms with E-state index in [-0.39, 0.29) is 0 Å². The Morgan fingerprint density at radius 2 is 2.16 bits per heavy atom. The smallest absolute Gasteiger partial charge is 0.199 e. The first kappa shape index (κ1) is 12.3. The Kier molecular flexibility index (Phi) is 3.54. The Hall–Kier alpha value is -1.76. The molecule has 0 aliphatic carbocycles. The van der Waals surface area contributed by atoms with Gasteiger partial charge in [0.05, 0.1) is 12.4 Å². The van der Waals surface area contributed by atoms with E-state index in [1.165, 1.54) is 6.42 Å². The molecule has 1 saturated heterocycles. The van der Waals surface area contributed by atoms with Gasteiger partial charge >= 0.3 is 0 Å². The fourth-order valence-electron chi connectivity index (χ4n) is 2.54. The second-order valence-electron chi connectivity index (χ2n) is 4.93. The molecule has 102 valence electrons. The Labute approximate surface area is 112 Å². The number of anilines is 1. The first-order valence-corrected chi connectivity index (χ1v) is 6.89. The van der Waals surface area contributed by atoms with E-state index in [2.05, 4.69) is 37.6 Å². The van der Waals surface area contributed by atoms with Crippen molar-refractivity contribution in [2.75, 3.05) is 24.5 Å². The Balaban J connectivity index is 1.69. The zero-order valence-corrected chi connectivity index (χ0v) is 11.2. The van der Waals surface area contributed by atoms with Crippen LogP contribution >= 0.6 is 0 Å². The average Bonchev–Trinajstić information content (AvgIpc) is 2.94. The van der Waals surface area contributed by atoms with Crippen LogP contribution in [0.4, 0.5) is 5.82 Å². The summed E-state index contributed by atoms with van der Waals surface area (Å²) in [4.78, 5) is 6.51. The average molecular weight is 261 g/mol. The number of piperidine rings is 1. The largest absolute Gasteiger partial charge is 0.355 e. The van der Waals surface area contributed by atoms with Crippen LogP contribution in [0, 0.1) is 0 Å². The summed E-state index contributed by atoms with van der Waals surface area (Å²) in [5.74, 6) is 0.983. The van der Waals surface area contributed by atoms with E-state index >= 15 is 0 Å². The molecule has 0 radical (unpaired) electrons. The summed E-state index contributed by atoms with van der Waals surface area (Å²) >= 11 is 0. The summed E-state index contributed by atoms with van der Waals surface area (Å²) in [7, 11) is 0. The van der Waals surface area contributed by atoms with Gasteiger partial charge in [0.1, 0.15) is 0 Å². The molecule has 3 rings (SSSR count). The number of hydrogen-bond donors (Lipinski definition) is 1. The lowest BCUT2D eigenvalue weighted by molar-refractivity contribution is 0.413. The lowest BCUT2D eigenvalue weighted by Crippen LogP contribution is -2.43. The van der Waals surface area contributed by atoms with Gasteiger partial charge in [0, 0.05) is 19.1 Å².